The van der Waals surface area contributed by atoms with Crippen molar-refractivity contribution in [3.8, 4) is 0 Å². The van der Waals surface area contributed by atoms with Gasteiger partial charge in [-0.3, -0.25) is 4.79 Å². The normalized spacial score (nSPS) is 17.5. The molecule has 1 saturated heterocycles. The van der Waals surface area contributed by atoms with Crippen LogP contribution in [0.2, 0.25) is 0 Å². The zero-order chi connectivity index (χ0) is 16.5. The van der Waals surface area contributed by atoms with Gasteiger partial charge in [0.2, 0.25) is 10.0 Å². The van der Waals surface area contributed by atoms with Crippen molar-refractivity contribution in [3.05, 3.63) is 15.8 Å². The number of hydrogen-bond donors (Lipinski definition) is 1. The molecule has 1 aliphatic rings. The van der Waals surface area contributed by atoms with E-state index < -0.39 is 10.0 Å². The summed E-state index contributed by atoms with van der Waals surface area (Å²) in [7, 11) is -3.57. The molecule has 0 radical (unpaired) electrons. The number of carbonyl (C=O) groups is 1. The number of carbonyl (C=O) groups excluding carboxylic acids is 1. The lowest BCUT2D eigenvalue weighted by molar-refractivity contribution is 0.0730. The van der Waals surface area contributed by atoms with Crippen LogP contribution in [-0.4, -0.2) is 50.5 Å². The van der Waals surface area contributed by atoms with E-state index in [2.05, 4.69) is 5.32 Å². The monoisotopic (exact) mass is 346 g/mol. The predicted molar refractivity (Wildman–Crippen MR) is 85.9 cm³/mol. The molecule has 1 aromatic heterocycles. The van der Waals surface area contributed by atoms with Crippen molar-refractivity contribution in [1.82, 2.24) is 9.62 Å². The second-order valence-electron chi connectivity index (χ2n) is 6.25. The van der Waals surface area contributed by atoms with Crippen LogP contribution in [0.3, 0.4) is 0 Å². The number of morpholine rings is 1. The van der Waals surface area contributed by atoms with Gasteiger partial charge >= 0.3 is 0 Å². The quantitative estimate of drug-likeness (QED) is 0.902. The summed E-state index contributed by atoms with van der Waals surface area (Å²) in [4.78, 5) is 13.5. The van der Waals surface area contributed by atoms with Crippen molar-refractivity contribution in [3.63, 3.8) is 0 Å². The molecular weight excluding hydrogens is 324 g/mol. The fourth-order valence-corrected chi connectivity index (χ4v) is 5.03. The summed E-state index contributed by atoms with van der Waals surface area (Å²) in [5.41, 5.74) is -0.363. The van der Waals surface area contributed by atoms with Crippen LogP contribution in [0.1, 0.15) is 35.3 Å². The Hall–Kier alpha value is -0.960. The second kappa shape index (κ2) is 6.27. The van der Waals surface area contributed by atoms with E-state index in [0.29, 0.717) is 36.1 Å². The van der Waals surface area contributed by atoms with Gasteiger partial charge < -0.3 is 10.1 Å². The van der Waals surface area contributed by atoms with Crippen molar-refractivity contribution in [1.29, 1.82) is 0 Å². The molecule has 8 heteroatoms. The van der Waals surface area contributed by atoms with Gasteiger partial charge in [-0.25, -0.2) is 8.42 Å². The number of hydrogen-bond acceptors (Lipinski definition) is 5. The molecule has 0 aliphatic carbocycles. The molecule has 0 saturated carbocycles. The van der Waals surface area contributed by atoms with E-state index >= 15 is 0 Å². The van der Waals surface area contributed by atoms with E-state index in [1.165, 1.54) is 21.7 Å². The molecule has 1 amide bonds. The third-order valence-electron chi connectivity index (χ3n) is 3.17. The van der Waals surface area contributed by atoms with Crippen molar-refractivity contribution in [2.45, 2.75) is 38.1 Å². The number of aryl methyl sites for hydroxylation is 1. The summed E-state index contributed by atoms with van der Waals surface area (Å²) < 4.78 is 32.0. The topological polar surface area (TPSA) is 75.7 Å². The first-order valence-electron chi connectivity index (χ1n) is 7.12. The molecule has 22 heavy (non-hydrogen) atoms. The maximum absolute atomic E-state index is 12.7. The van der Waals surface area contributed by atoms with E-state index in [4.69, 9.17) is 4.74 Å². The van der Waals surface area contributed by atoms with Crippen molar-refractivity contribution < 1.29 is 17.9 Å². The molecule has 124 valence electrons. The second-order valence-corrected chi connectivity index (χ2v) is 9.41. The summed E-state index contributed by atoms with van der Waals surface area (Å²) in [6.07, 6.45) is 0. The minimum atomic E-state index is -3.57. The van der Waals surface area contributed by atoms with Gasteiger partial charge in [0, 0.05) is 23.5 Å². The highest BCUT2D eigenvalue weighted by molar-refractivity contribution is 7.89. The van der Waals surface area contributed by atoms with E-state index in [0.717, 1.165) is 0 Å². The van der Waals surface area contributed by atoms with E-state index in [9.17, 15) is 13.2 Å². The molecular formula is C14H22N2O4S2. The summed E-state index contributed by atoms with van der Waals surface area (Å²) in [6.45, 7) is 8.89. The van der Waals surface area contributed by atoms with E-state index in [-0.39, 0.29) is 16.3 Å². The summed E-state index contributed by atoms with van der Waals surface area (Å²) in [5.74, 6) is -0.246. The predicted octanol–water partition coefficient (Wildman–Crippen LogP) is 1.61. The van der Waals surface area contributed by atoms with Crippen LogP contribution in [0, 0.1) is 6.92 Å². The standard InChI is InChI=1S/C14H22N2O4S2/c1-10-12(22(18,19)16-5-7-20-8-6-16)9-11(21-10)13(17)15-14(2,3)4/h9H,5-8H2,1-4H3,(H,15,17). The van der Waals surface area contributed by atoms with Crippen LogP contribution in [-0.2, 0) is 14.8 Å². The Kier molecular flexibility index (Phi) is 4.96. The van der Waals surface area contributed by atoms with Crippen LogP contribution in [0.15, 0.2) is 11.0 Å². The highest BCUT2D eigenvalue weighted by atomic mass is 32.2. The van der Waals surface area contributed by atoms with Crippen LogP contribution < -0.4 is 5.32 Å². The Morgan fingerprint density at radius 3 is 2.45 bits per heavy atom. The number of amides is 1. The van der Waals surface area contributed by atoms with Crippen LogP contribution >= 0.6 is 11.3 Å². The van der Waals surface area contributed by atoms with Gasteiger partial charge in [-0.2, -0.15) is 4.31 Å². The minimum Gasteiger partial charge on any atom is -0.379 e. The molecule has 2 heterocycles. The van der Waals surface area contributed by atoms with Gasteiger partial charge in [-0.15, -0.1) is 11.3 Å². The molecule has 0 unspecified atom stereocenters. The molecule has 1 aliphatic heterocycles. The first-order chi connectivity index (χ1) is 10.1. The molecule has 0 aromatic carbocycles. The average Bonchev–Trinajstić information content (AvgIpc) is 2.81. The Balaban J connectivity index is 2.27. The van der Waals surface area contributed by atoms with Crippen LogP contribution in [0.25, 0.3) is 0 Å². The molecule has 0 spiro atoms. The third-order valence-corrected chi connectivity index (χ3v) is 6.38. The highest BCUT2D eigenvalue weighted by Gasteiger charge is 2.30. The van der Waals surface area contributed by atoms with Crippen molar-refractivity contribution >= 4 is 27.3 Å². The zero-order valence-corrected chi connectivity index (χ0v) is 14.9. The van der Waals surface area contributed by atoms with Crippen LogP contribution in [0.5, 0.6) is 0 Å². The zero-order valence-electron chi connectivity index (χ0n) is 13.3. The first kappa shape index (κ1) is 17.4. The fraction of sp³-hybridized carbons (Fsp3) is 0.643. The fourth-order valence-electron chi connectivity index (χ4n) is 2.16. The van der Waals surface area contributed by atoms with E-state index in [1.54, 1.807) is 6.92 Å². The molecule has 1 N–H and O–H groups in total. The number of sulfonamides is 1. The maximum atomic E-state index is 12.7. The van der Waals surface area contributed by atoms with Gasteiger partial charge in [0.25, 0.3) is 5.91 Å². The van der Waals surface area contributed by atoms with Crippen LogP contribution in [0.4, 0.5) is 0 Å². The summed E-state index contributed by atoms with van der Waals surface area (Å²) in [5, 5.41) is 2.85. The summed E-state index contributed by atoms with van der Waals surface area (Å²) >= 11 is 1.20. The Morgan fingerprint density at radius 1 is 1.32 bits per heavy atom. The average molecular weight is 346 g/mol. The number of ether oxygens (including phenoxy) is 1. The van der Waals surface area contributed by atoms with Crippen molar-refractivity contribution in [2.24, 2.45) is 0 Å². The van der Waals surface area contributed by atoms with Gasteiger partial charge in [-0.1, -0.05) is 0 Å². The lowest BCUT2D eigenvalue weighted by Crippen LogP contribution is -2.41. The molecule has 1 aromatic rings. The van der Waals surface area contributed by atoms with E-state index in [1.807, 2.05) is 20.8 Å². The number of rotatable bonds is 3. The lowest BCUT2D eigenvalue weighted by atomic mass is 10.1. The smallest absolute Gasteiger partial charge is 0.261 e. The number of thiophene rings is 1. The highest BCUT2D eigenvalue weighted by Crippen LogP contribution is 2.29. The number of nitrogens with zero attached hydrogens (tertiary/aromatic N) is 1. The first-order valence-corrected chi connectivity index (χ1v) is 9.38. The van der Waals surface area contributed by atoms with Gasteiger partial charge in [-0.05, 0) is 33.8 Å². The maximum Gasteiger partial charge on any atom is 0.261 e. The molecule has 1 fully saturated rings. The molecule has 0 atom stereocenters. The van der Waals surface area contributed by atoms with Crippen molar-refractivity contribution in [2.75, 3.05) is 26.3 Å². The lowest BCUT2D eigenvalue weighted by Gasteiger charge is -2.25. The Bertz CT molecular complexity index is 653. The van der Waals surface area contributed by atoms with Gasteiger partial charge in [0.1, 0.15) is 0 Å². The molecule has 6 nitrogen and oxygen atoms in total. The van der Waals surface area contributed by atoms with Gasteiger partial charge in [0.05, 0.1) is 23.0 Å². The largest absolute Gasteiger partial charge is 0.379 e. The Morgan fingerprint density at radius 2 is 1.91 bits per heavy atom. The third kappa shape index (κ3) is 3.87. The minimum absolute atomic E-state index is 0.221. The van der Waals surface area contributed by atoms with Gasteiger partial charge in [0.15, 0.2) is 0 Å². The molecule has 2 rings (SSSR count). The molecule has 0 bridgehead atoms. The number of nitrogens with one attached hydrogen (secondary N) is 1. The SMILES string of the molecule is Cc1sc(C(=O)NC(C)(C)C)cc1S(=O)(=O)N1CCOCC1. The Labute approximate surface area is 135 Å². The summed E-state index contributed by atoms with van der Waals surface area (Å²) in [6, 6.07) is 1.48.